The number of nitrogens with one attached hydrogen (secondary N) is 3. The first-order valence-corrected chi connectivity index (χ1v) is 8.95. The summed E-state index contributed by atoms with van der Waals surface area (Å²) in [6, 6.07) is 8.04. The maximum atomic E-state index is 12.5. The van der Waals surface area contributed by atoms with Gasteiger partial charge in [-0.05, 0) is 30.0 Å². The van der Waals surface area contributed by atoms with Gasteiger partial charge in [0, 0.05) is 23.5 Å². The highest BCUT2D eigenvalue weighted by Gasteiger charge is 2.28. The van der Waals surface area contributed by atoms with Gasteiger partial charge in [-0.3, -0.25) is 24.5 Å². The summed E-state index contributed by atoms with van der Waals surface area (Å²) in [5.41, 5.74) is 0.957. The van der Waals surface area contributed by atoms with Gasteiger partial charge >= 0.3 is 0 Å². The molecule has 2 aromatic rings. The van der Waals surface area contributed by atoms with Crippen molar-refractivity contribution in [3.8, 4) is 0 Å². The Morgan fingerprint density at radius 1 is 1.27 bits per heavy atom. The van der Waals surface area contributed by atoms with Crippen LogP contribution in [0.25, 0.3) is 0 Å². The van der Waals surface area contributed by atoms with Crippen molar-refractivity contribution in [3.63, 3.8) is 0 Å². The van der Waals surface area contributed by atoms with Gasteiger partial charge < -0.3 is 10.6 Å². The number of imide groups is 1. The van der Waals surface area contributed by atoms with E-state index in [2.05, 4.69) is 16.0 Å². The number of anilines is 1. The number of hydrogen-bond acceptors (Lipinski definition) is 6. The Kier molecular flexibility index (Phi) is 5.43. The second-order valence-electron chi connectivity index (χ2n) is 5.79. The van der Waals surface area contributed by atoms with Crippen LogP contribution in [0.2, 0.25) is 0 Å². The largest absolute Gasteiger partial charge is 0.380 e. The second kappa shape index (κ2) is 7.92. The molecule has 2 heterocycles. The van der Waals surface area contributed by atoms with Crippen molar-refractivity contribution < 1.29 is 19.2 Å². The van der Waals surface area contributed by atoms with E-state index in [-0.39, 0.29) is 29.9 Å². The van der Waals surface area contributed by atoms with Gasteiger partial charge in [0.1, 0.15) is 6.04 Å². The zero-order valence-corrected chi connectivity index (χ0v) is 14.6. The number of piperidine rings is 1. The van der Waals surface area contributed by atoms with Crippen LogP contribution in [-0.4, -0.2) is 30.0 Å². The Morgan fingerprint density at radius 2 is 2.12 bits per heavy atom. The maximum Gasteiger partial charge on any atom is 0.252 e. The molecule has 3 amide bonds. The molecule has 0 bridgehead atoms. The standard InChI is InChI=1S/C18H17N3O4S/c22-10-13-12(17(24)20-15-6-7-16(23)21-18(15)25)4-1-5-14(13)19-9-11-3-2-8-26-11/h1-5,8,10,15,19H,6-7,9H2,(H,20,24)(H,21,23,25). The highest BCUT2D eigenvalue weighted by Crippen LogP contribution is 2.20. The van der Waals surface area contributed by atoms with Crippen LogP contribution in [0.4, 0.5) is 5.69 Å². The molecule has 0 saturated carbocycles. The van der Waals surface area contributed by atoms with E-state index < -0.39 is 17.9 Å². The van der Waals surface area contributed by atoms with E-state index in [9.17, 15) is 19.2 Å². The highest BCUT2D eigenvalue weighted by atomic mass is 32.1. The summed E-state index contributed by atoms with van der Waals surface area (Å²) < 4.78 is 0. The Bertz CT molecular complexity index is 848. The summed E-state index contributed by atoms with van der Waals surface area (Å²) in [6.45, 7) is 0.538. The van der Waals surface area contributed by atoms with E-state index in [4.69, 9.17) is 0 Å². The monoisotopic (exact) mass is 371 g/mol. The van der Waals surface area contributed by atoms with Crippen LogP contribution in [0.3, 0.4) is 0 Å². The quantitative estimate of drug-likeness (QED) is 0.530. The predicted molar refractivity (Wildman–Crippen MR) is 97.1 cm³/mol. The molecule has 1 unspecified atom stereocenters. The molecule has 3 rings (SSSR count). The van der Waals surface area contributed by atoms with Crippen molar-refractivity contribution in [2.45, 2.75) is 25.4 Å². The number of aldehydes is 1. The number of rotatable bonds is 6. The predicted octanol–water partition coefficient (Wildman–Crippen LogP) is 1.71. The molecule has 1 aromatic heterocycles. The van der Waals surface area contributed by atoms with Gasteiger partial charge in [-0.15, -0.1) is 11.3 Å². The van der Waals surface area contributed by atoms with E-state index in [0.29, 0.717) is 18.5 Å². The SMILES string of the molecule is O=Cc1c(NCc2cccs2)cccc1C(=O)NC1CCC(=O)NC1=O. The molecular weight excluding hydrogens is 354 g/mol. The minimum atomic E-state index is -0.789. The van der Waals surface area contributed by atoms with E-state index in [1.807, 2.05) is 17.5 Å². The lowest BCUT2D eigenvalue weighted by atomic mass is 10.0. The molecule has 8 heteroatoms. The molecule has 1 aromatic carbocycles. The van der Waals surface area contributed by atoms with Gasteiger partial charge in [0.15, 0.2) is 6.29 Å². The summed E-state index contributed by atoms with van der Waals surface area (Å²) in [5, 5.41) is 9.89. The van der Waals surface area contributed by atoms with E-state index in [1.54, 1.807) is 23.5 Å². The molecule has 1 saturated heterocycles. The molecule has 1 aliphatic rings. The Morgan fingerprint density at radius 3 is 2.81 bits per heavy atom. The fourth-order valence-electron chi connectivity index (χ4n) is 2.71. The van der Waals surface area contributed by atoms with Crippen LogP contribution in [0.15, 0.2) is 35.7 Å². The van der Waals surface area contributed by atoms with Gasteiger partial charge in [-0.2, -0.15) is 0 Å². The van der Waals surface area contributed by atoms with E-state index in [0.717, 1.165) is 4.88 Å². The number of hydrogen-bond donors (Lipinski definition) is 3. The third-order valence-corrected chi connectivity index (χ3v) is 4.92. The summed E-state index contributed by atoms with van der Waals surface area (Å²) in [6.07, 6.45) is 1.03. The Hall–Kier alpha value is -3.00. The third-order valence-electron chi connectivity index (χ3n) is 4.05. The van der Waals surface area contributed by atoms with Crippen molar-refractivity contribution >= 4 is 41.0 Å². The van der Waals surface area contributed by atoms with Crippen LogP contribution in [0.5, 0.6) is 0 Å². The minimum Gasteiger partial charge on any atom is -0.380 e. The molecule has 134 valence electrons. The first-order valence-electron chi connectivity index (χ1n) is 8.07. The van der Waals surface area contributed by atoms with Gasteiger partial charge in [-0.25, -0.2) is 0 Å². The summed E-state index contributed by atoms with van der Waals surface area (Å²) in [4.78, 5) is 48.2. The van der Waals surface area contributed by atoms with Crippen LogP contribution in [0.1, 0.15) is 38.4 Å². The lowest BCUT2D eigenvalue weighted by Gasteiger charge is -2.22. The first-order chi connectivity index (χ1) is 12.6. The van der Waals surface area contributed by atoms with Gasteiger partial charge in [0.25, 0.3) is 5.91 Å². The summed E-state index contributed by atoms with van der Waals surface area (Å²) in [7, 11) is 0. The third kappa shape index (κ3) is 3.97. The highest BCUT2D eigenvalue weighted by molar-refractivity contribution is 7.09. The molecule has 0 spiro atoms. The topological polar surface area (TPSA) is 104 Å². The zero-order valence-electron chi connectivity index (χ0n) is 13.8. The molecule has 1 atom stereocenters. The number of benzene rings is 1. The van der Waals surface area contributed by atoms with Crippen LogP contribution in [-0.2, 0) is 16.1 Å². The summed E-state index contributed by atoms with van der Waals surface area (Å²) >= 11 is 1.59. The number of carbonyl (C=O) groups excluding carboxylic acids is 4. The lowest BCUT2D eigenvalue weighted by molar-refractivity contribution is -0.134. The molecule has 1 fully saturated rings. The van der Waals surface area contributed by atoms with E-state index in [1.165, 1.54) is 6.07 Å². The fraction of sp³-hybridized carbons (Fsp3) is 0.222. The lowest BCUT2D eigenvalue weighted by Crippen LogP contribution is -2.52. The number of thiophene rings is 1. The number of amides is 3. The molecule has 3 N–H and O–H groups in total. The molecule has 7 nitrogen and oxygen atoms in total. The van der Waals surface area contributed by atoms with Crippen LogP contribution >= 0.6 is 11.3 Å². The molecular formula is C18H17N3O4S. The normalized spacial score (nSPS) is 16.7. The molecule has 26 heavy (non-hydrogen) atoms. The summed E-state index contributed by atoms with van der Waals surface area (Å²) in [5.74, 6) is -1.41. The smallest absolute Gasteiger partial charge is 0.252 e. The van der Waals surface area contributed by atoms with Crippen molar-refractivity contribution in [2.75, 3.05) is 5.32 Å². The van der Waals surface area contributed by atoms with Crippen molar-refractivity contribution in [1.82, 2.24) is 10.6 Å². The van der Waals surface area contributed by atoms with E-state index >= 15 is 0 Å². The molecule has 0 radical (unpaired) electrons. The number of carbonyl (C=O) groups is 4. The van der Waals surface area contributed by atoms with Crippen LogP contribution < -0.4 is 16.0 Å². The second-order valence-corrected chi connectivity index (χ2v) is 6.83. The van der Waals surface area contributed by atoms with Gasteiger partial charge in [0.2, 0.25) is 11.8 Å². The maximum absolute atomic E-state index is 12.5. The zero-order chi connectivity index (χ0) is 18.5. The average Bonchev–Trinajstić information content (AvgIpc) is 3.15. The first kappa shape index (κ1) is 17.8. The van der Waals surface area contributed by atoms with Crippen molar-refractivity contribution in [2.24, 2.45) is 0 Å². The molecule has 0 aliphatic carbocycles. The van der Waals surface area contributed by atoms with Gasteiger partial charge in [-0.1, -0.05) is 12.1 Å². The average molecular weight is 371 g/mol. The minimum absolute atomic E-state index is 0.166. The van der Waals surface area contributed by atoms with Crippen molar-refractivity contribution in [3.05, 3.63) is 51.7 Å². The Balaban J connectivity index is 1.75. The van der Waals surface area contributed by atoms with Crippen molar-refractivity contribution in [1.29, 1.82) is 0 Å². The molecule has 1 aliphatic heterocycles. The van der Waals surface area contributed by atoms with Crippen LogP contribution in [0, 0.1) is 0 Å². The Labute approximate surface area is 153 Å². The van der Waals surface area contributed by atoms with Gasteiger partial charge in [0.05, 0.1) is 11.1 Å². The fourth-order valence-corrected chi connectivity index (χ4v) is 3.35.